The molecule has 0 saturated carbocycles. The van der Waals surface area contributed by atoms with E-state index in [-0.39, 0.29) is 11.1 Å². The van der Waals surface area contributed by atoms with Gasteiger partial charge in [0.2, 0.25) is 10.0 Å². The minimum atomic E-state index is -4.80. The molecule has 28 heavy (non-hydrogen) atoms. The summed E-state index contributed by atoms with van der Waals surface area (Å²) in [5.74, 6) is -2.12. The molecule has 0 aliphatic carbocycles. The van der Waals surface area contributed by atoms with Crippen LogP contribution in [0.4, 0.5) is 23.2 Å². The Morgan fingerprint density at radius 3 is 2.39 bits per heavy atom. The largest absolute Gasteiger partial charge is 0.418 e. The SMILES string of the molecule is CNS(=O)(=O)c1cc(C(=O)NNc2ccc(C#N)cc2C(F)(F)F)ccc1F. The van der Waals surface area contributed by atoms with Gasteiger partial charge < -0.3 is 0 Å². The van der Waals surface area contributed by atoms with Gasteiger partial charge in [0.25, 0.3) is 5.91 Å². The zero-order valence-corrected chi connectivity index (χ0v) is 14.9. The molecule has 2 aromatic carbocycles. The monoisotopic (exact) mass is 416 g/mol. The van der Waals surface area contributed by atoms with Crippen LogP contribution >= 0.6 is 0 Å². The van der Waals surface area contributed by atoms with Gasteiger partial charge in [-0.2, -0.15) is 18.4 Å². The second-order valence-corrected chi connectivity index (χ2v) is 7.16. The highest BCUT2D eigenvalue weighted by molar-refractivity contribution is 7.89. The summed E-state index contributed by atoms with van der Waals surface area (Å²) < 4.78 is 78.4. The molecule has 7 nitrogen and oxygen atoms in total. The first-order valence-electron chi connectivity index (χ1n) is 7.40. The van der Waals surface area contributed by atoms with Gasteiger partial charge in [-0.15, -0.1) is 0 Å². The molecule has 2 rings (SSSR count). The number of hydrogen-bond donors (Lipinski definition) is 3. The maximum absolute atomic E-state index is 13.7. The highest BCUT2D eigenvalue weighted by Crippen LogP contribution is 2.35. The predicted molar refractivity (Wildman–Crippen MR) is 89.9 cm³/mol. The lowest BCUT2D eigenvalue weighted by atomic mass is 10.1. The number of nitrogens with one attached hydrogen (secondary N) is 3. The maximum Gasteiger partial charge on any atom is 0.418 e. The highest BCUT2D eigenvalue weighted by atomic mass is 32.2. The number of sulfonamides is 1. The Morgan fingerprint density at radius 1 is 1.14 bits per heavy atom. The van der Waals surface area contributed by atoms with Crippen LogP contribution in [0.3, 0.4) is 0 Å². The van der Waals surface area contributed by atoms with Crippen LogP contribution in [-0.4, -0.2) is 21.4 Å². The molecule has 0 fully saturated rings. The maximum atomic E-state index is 13.7. The zero-order chi connectivity index (χ0) is 21.1. The molecule has 0 heterocycles. The fourth-order valence-electron chi connectivity index (χ4n) is 2.11. The first kappa shape index (κ1) is 21.1. The third-order valence-corrected chi connectivity index (χ3v) is 4.95. The second kappa shape index (κ2) is 7.83. The fourth-order valence-corrected chi connectivity index (χ4v) is 2.94. The molecule has 0 aliphatic rings. The van der Waals surface area contributed by atoms with E-state index >= 15 is 0 Å². The van der Waals surface area contributed by atoms with Gasteiger partial charge in [0.1, 0.15) is 10.7 Å². The Bertz CT molecular complexity index is 1060. The molecule has 0 saturated heterocycles. The molecule has 2 aromatic rings. The summed E-state index contributed by atoms with van der Waals surface area (Å²) in [6.45, 7) is 0. The molecule has 0 aliphatic heterocycles. The van der Waals surface area contributed by atoms with Crippen LogP contribution in [0.2, 0.25) is 0 Å². The van der Waals surface area contributed by atoms with Crippen LogP contribution in [0.15, 0.2) is 41.3 Å². The molecule has 0 bridgehead atoms. The van der Waals surface area contributed by atoms with Gasteiger partial charge >= 0.3 is 6.18 Å². The average Bonchev–Trinajstić information content (AvgIpc) is 2.65. The van der Waals surface area contributed by atoms with E-state index < -0.39 is 44.1 Å². The number of amides is 1. The summed E-state index contributed by atoms with van der Waals surface area (Å²) in [7, 11) is -3.14. The first-order valence-corrected chi connectivity index (χ1v) is 8.88. The van der Waals surface area contributed by atoms with Crippen LogP contribution in [0.5, 0.6) is 0 Å². The van der Waals surface area contributed by atoms with E-state index in [9.17, 15) is 30.8 Å². The number of nitrogens with zero attached hydrogens (tertiary/aromatic N) is 1. The van der Waals surface area contributed by atoms with Gasteiger partial charge in [0, 0.05) is 5.56 Å². The lowest BCUT2D eigenvalue weighted by Crippen LogP contribution is -2.31. The zero-order valence-electron chi connectivity index (χ0n) is 14.1. The van der Waals surface area contributed by atoms with E-state index in [1.165, 1.54) is 0 Å². The summed E-state index contributed by atoms with van der Waals surface area (Å²) in [4.78, 5) is 11.3. The highest BCUT2D eigenvalue weighted by Gasteiger charge is 2.34. The molecule has 3 N–H and O–H groups in total. The minimum Gasteiger partial charge on any atom is -0.298 e. The van der Waals surface area contributed by atoms with Crippen LogP contribution in [0.1, 0.15) is 21.5 Å². The van der Waals surface area contributed by atoms with Crippen LogP contribution in [0.25, 0.3) is 0 Å². The molecule has 0 aromatic heterocycles. The number of benzene rings is 2. The van der Waals surface area contributed by atoms with Gasteiger partial charge in [-0.25, -0.2) is 17.5 Å². The number of carbonyl (C=O) groups is 1. The fraction of sp³-hybridized carbons (Fsp3) is 0.125. The quantitative estimate of drug-likeness (QED) is 0.512. The van der Waals surface area contributed by atoms with Crippen molar-refractivity contribution < 1.29 is 30.8 Å². The average molecular weight is 416 g/mol. The van der Waals surface area contributed by atoms with Gasteiger partial charge in [0.05, 0.1) is 22.9 Å². The van der Waals surface area contributed by atoms with E-state index in [4.69, 9.17) is 5.26 Å². The van der Waals surface area contributed by atoms with Crippen molar-refractivity contribution in [3.05, 3.63) is 58.9 Å². The van der Waals surface area contributed by atoms with Crippen molar-refractivity contribution in [2.24, 2.45) is 0 Å². The molecular formula is C16H12F4N4O3S. The number of alkyl halides is 3. The van der Waals surface area contributed by atoms with Gasteiger partial charge in [-0.3, -0.25) is 15.6 Å². The van der Waals surface area contributed by atoms with Gasteiger partial charge in [0.15, 0.2) is 0 Å². The van der Waals surface area contributed by atoms with Crippen molar-refractivity contribution in [3.63, 3.8) is 0 Å². The molecule has 148 valence electrons. The number of halogens is 4. The summed E-state index contributed by atoms with van der Waals surface area (Å²) >= 11 is 0. The standard InChI is InChI=1S/C16H12F4N4O3S/c1-22-28(26,27)14-7-10(3-4-12(14)17)15(25)24-23-13-5-2-9(8-21)6-11(13)16(18,19)20/h2-7,22-23H,1H3,(H,24,25). The van der Waals surface area contributed by atoms with Crippen molar-refractivity contribution in [1.29, 1.82) is 5.26 Å². The number of carbonyl (C=O) groups excluding carboxylic acids is 1. The van der Waals surface area contributed by atoms with Crippen LogP contribution in [-0.2, 0) is 16.2 Å². The van der Waals surface area contributed by atoms with Gasteiger partial charge in [-0.1, -0.05) is 0 Å². The van der Waals surface area contributed by atoms with Crippen molar-refractivity contribution in [2.45, 2.75) is 11.1 Å². The summed E-state index contributed by atoms with van der Waals surface area (Å²) in [5.41, 5.74) is 1.77. The van der Waals surface area contributed by atoms with Crippen molar-refractivity contribution >= 4 is 21.6 Å². The normalized spacial score (nSPS) is 11.6. The number of hydrazine groups is 1. The van der Waals surface area contributed by atoms with E-state index in [2.05, 4.69) is 5.43 Å². The third-order valence-electron chi connectivity index (χ3n) is 3.52. The summed E-state index contributed by atoms with van der Waals surface area (Å²) in [5, 5.41) is 8.73. The Labute approximate surface area is 157 Å². The van der Waals surface area contributed by atoms with Crippen LogP contribution in [0, 0.1) is 17.1 Å². The second-order valence-electron chi connectivity index (χ2n) is 5.30. The summed E-state index contributed by atoms with van der Waals surface area (Å²) in [6, 6.07) is 6.67. The lowest BCUT2D eigenvalue weighted by Gasteiger charge is -2.15. The number of hydrogen-bond acceptors (Lipinski definition) is 5. The van der Waals surface area contributed by atoms with Crippen molar-refractivity contribution in [1.82, 2.24) is 10.1 Å². The van der Waals surface area contributed by atoms with E-state index in [0.29, 0.717) is 6.07 Å². The predicted octanol–water partition coefficient (Wildman–Crippen LogP) is 2.38. The smallest absolute Gasteiger partial charge is 0.298 e. The van der Waals surface area contributed by atoms with Gasteiger partial charge in [-0.05, 0) is 43.4 Å². The van der Waals surface area contributed by atoms with E-state index in [0.717, 1.165) is 37.4 Å². The molecule has 0 atom stereocenters. The first-order chi connectivity index (χ1) is 13.0. The molecule has 12 heteroatoms. The Balaban J connectivity index is 2.29. The van der Waals surface area contributed by atoms with Crippen molar-refractivity contribution in [2.75, 3.05) is 12.5 Å². The Morgan fingerprint density at radius 2 is 1.82 bits per heavy atom. The topological polar surface area (TPSA) is 111 Å². The number of anilines is 1. The van der Waals surface area contributed by atoms with Crippen molar-refractivity contribution in [3.8, 4) is 6.07 Å². The minimum absolute atomic E-state index is 0.232. The molecule has 1 amide bonds. The molecule has 0 spiro atoms. The molecule has 0 radical (unpaired) electrons. The Kier molecular flexibility index (Phi) is 5.91. The molecule has 0 unspecified atom stereocenters. The van der Waals surface area contributed by atoms with E-state index in [1.807, 2.05) is 10.1 Å². The number of rotatable bonds is 5. The molecular weight excluding hydrogens is 404 g/mol. The number of nitriles is 1. The Hall–Kier alpha value is -3.17. The van der Waals surface area contributed by atoms with E-state index in [1.54, 1.807) is 6.07 Å². The van der Waals surface area contributed by atoms with Crippen LogP contribution < -0.4 is 15.6 Å². The lowest BCUT2D eigenvalue weighted by molar-refractivity contribution is -0.137. The summed E-state index contributed by atoms with van der Waals surface area (Å²) in [6.07, 6.45) is -4.80. The third kappa shape index (κ3) is 4.56.